The van der Waals surface area contributed by atoms with Crippen molar-refractivity contribution in [3.05, 3.63) is 18.0 Å². The van der Waals surface area contributed by atoms with Crippen molar-refractivity contribution in [2.24, 2.45) is 5.41 Å². The maximum Gasteiger partial charge on any atom is 0.0630 e. The summed E-state index contributed by atoms with van der Waals surface area (Å²) in [4.78, 5) is 0. The fourth-order valence-electron chi connectivity index (χ4n) is 2.63. The summed E-state index contributed by atoms with van der Waals surface area (Å²) in [5.41, 5.74) is 1.75. The molecule has 1 aromatic rings. The molecule has 1 saturated carbocycles. The molecule has 17 heavy (non-hydrogen) atoms. The van der Waals surface area contributed by atoms with Crippen molar-refractivity contribution in [1.82, 2.24) is 15.1 Å². The zero-order valence-corrected chi connectivity index (χ0v) is 11.4. The first kappa shape index (κ1) is 12.6. The maximum absolute atomic E-state index is 4.67. The van der Waals surface area contributed by atoms with Gasteiger partial charge in [-0.05, 0) is 51.1 Å². The van der Waals surface area contributed by atoms with Gasteiger partial charge in [0.05, 0.1) is 5.69 Å². The van der Waals surface area contributed by atoms with Crippen LogP contribution in [0.15, 0.2) is 12.3 Å². The van der Waals surface area contributed by atoms with Crippen molar-refractivity contribution in [1.29, 1.82) is 0 Å². The van der Waals surface area contributed by atoms with Crippen LogP contribution in [-0.4, -0.2) is 22.9 Å². The molecular weight excluding hydrogens is 210 g/mol. The van der Waals surface area contributed by atoms with Gasteiger partial charge in [-0.2, -0.15) is 5.10 Å². The van der Waals surface area contributed by atoms with E-state index in [0.29, 0.717) is 11.5 Å². The Morgan fingerprint density at radius 1 is 1.47 bits per heavy atom. The van der Waals surface area contributed by atoms with E-state index in [1.54, 1.807) is 0 Å². The van der Waals surface area contributed by atoms with Gasteiger partial charge in [-0.1, -0.05) is 13.3 Å². The van der Waals surface area contributed by atoms with Crippen molar-refractivity contribution in [3.63, 3.8) is 0 Å². The molecule has 1 heterocycles. The zero-order valence-electron chi connectivity index (χ0n) is 11.4. The highest BCUT2D eigenvalue weighted by Gasteiger charge is 2.37. The van der Waals surface area contributed by atoms with E-state index in [1.807, 2.05) is 0 Å². The van der Waals surface area contributed by atoms with Crippen LogP contribution in [0.1, 0.15) is 51.8 Å². The topological polar surface area (TPSA) is 29.9 Å². The third kappa shape index (κ3) is 2.89. The van der Waals surface area contributed by atoms with E-state index in [2.05, 4.69) is 48.1 Å². The van der Waals surface area contributed by atoms with E-state index in [4.69, 9.17) is 0 Å². The Morgan fingerprint density at radius 2 is 2.24 bits per heavy atom. The molecule has 2 rings (SSSR count). The summed E-state index contributed by atoms with van der Waals surface area (Å²) in [6.07, 6.45) is 7.35. The van der Waals surface area contributed by atoms with E-state index in [0.717, 1.165) is 19.5 Å². The summed E-state index contributed by atoms with van der Waals surface area (Å²) >= 11 is 0. The number of hydrogen-bond acceptors (Lipinski definition) is 2. The van der Waals surface area contributed by atoms with Crippen molar-refractivity contribution in [3.8, 4) is 0 Å². The minimum Gasteiger partial charge on any atom is -0.316 e. The predicted octanol–water partition coefficient (Wildman–Crippen LogP) is 2.79. The lowest BCUT2D eigenvalue weighted by atomic mass is 9.66. The fraction of sp³-hybridized carbons (Fsp3) is 0.786. The largest absolute Gasteiger partial charge is 0.316 e. The Bertz CT molecular complexity index is 350. The van der Waals surface area contributed by atoms with Crippen LogP contribution < -0.4 is 5.32 Å². The van der Waals surface area contributed by atoms with Gasteiger partial charge < -0.3 is 5.32 Å². The molecule has 0 amide bonds. The first-order chi connectivity index (χ1) is 8.15. The molecule has 0 unspecified atom stereocenters. The average Bonchev–Trinajstić information content (AvgIpc) is 2.70. The Morgan fingerprint density at radius 3 is 2.71 bits per heavy atom. The van der Waals surface area contributed by atoms with Crippen LogP contribution in [0, 0.1) is 5.41 Å². The number of rotatable bonds is 6. The molecular formula is C14H25N3. The lowest BCUT2D eigenvalue weighted by Gasteiger charge is -2.42. The lowest BCUT2D eigenvalue weighted by Crippen LogP contribution is -2.41. The van der Waals surface area contributed by atoms with E-state index in [1.165, 1.54) is 25.0 Å². The molecule has 1 N–H and O–H groups in total. The summed E-state index contributed by atoms with van der Waals surface area (Å²) in [5, 5.41) is 8.18. The molecule has 3 nitrogen and oxygen atoms in total. The van der Waals surface area contributed by atoms with E-state index >= 15 is 0 Å². The standard InChI is InChI=1S/C14H25N3/c1-4-15-11-14(7-5-8-14)10-13-6-9-17(16-13)12(2)3/h6,9,12,15H,4-5,7-8,10-11H2,1-3H3. The second-order valence-corrected chi connectivity index (χ2v) is 5.69. The van der Waals surface area contributed by atoms with Crippen molar-refractivity contribution >= 4 is 0 Å². The Balaban J connectivity index is 1.97. The van der Waals surface area contributed by atoms with Gasteiger partial charge in [0.1, 0.15) is 0 Å². The second kappa shape index (κ2) is 5.21. The zero-order chi connectivity index (χ0) is 12.3. The van der Waals surface area contributed by atoms with Crippen LogP contribution in [0.4, 0.5) is 0 Å². The van der Waals surface area contributed by atoms with E-state index < -0.39 is 0 Å². The van der Waals surface area contributed by atoms with Gasteiger partial charge in [-0.3, -0.25) is 4.68 Å². The van der Waals surface area contributed by atoms with Crippen molar-refractivity contribution in [2.45, 2.75) is 52.5 Å². The highest BCUT2D eigenvalue weighted by atomic mass is 15.3. The molecule has 0 aliphatic heterocycles. The quantitative estimate of drug-likeness (QED) is 0.821. The van der Waals surface area contributed by atoms with Gasteiger partial charge in [0.2, 0.25) is 0 Å². The van der Waals surface area contributed by atoms with E-state index in [-0.39, 0.29) is 0 Å². The smallest absolute Gasteiger partial charge is 0.0630 e. The summed E-state index contributed by atoms with van der Waals surface area (Å²) in [5.74, 6) is 0. The van der Waals surface area contributed by atoms with Crippen LogP contribution >= 0.6 is 0 Å². The number of aromatic nitrogens is 2. The molecule has 1 fully saturated rings. The van der Waals surface area contributed by atoms with Gasteiger partial charge >= 0.3 is 0 Å². The molecule has 0 bridgehead atoms. The summed E-state index contributed by atoms with van der Waals surface area (Å²) in [6.45, 7) is 8.75. The maximum atomic E-state index is 4.67. The molecule has 0 radical (unpaired) electrons. The summed E-state index contributed by atoms with van der Waals surface area (Å²) in [6, 6.07) is 2.65. The molecule has 3 heteroatoms. The van der Waals surface area contributed by atoms with Gasteiger partial charge in [0.25, 0.3) is 0 Å². The van der Waals surface area contributed by atoms with Gasteiger partial charge in [-0.25, -0.2) is 0 Å². The number of nitrogens with one attached hydrogen (secondary N) is 1. The van der Waals surface area contributed by atoms with Gasteiger partial charge in [0, 0.05) is 18.8 Å². The van der Waals surface area contributed by atoms with Gasteiger partial charge in [-0.15, -0.1) is 0 Å². The third-order valence-electron chi connectivity index (χ3n) is 3.91. The van der Waals surface area contributed by atoms with Gasteiger partial charge in [0.15, 0.2) is 0 Å². The fourth-order valence-corrected chi connectivity index (χ4v) is 2.63. The monoisotopic (exact) mass is 235 g/mol. The summed E-state index contributed by atoms with van der Waals surface area (Å²) < 4.78 is 2.06. The highest BCUT2D eigenvalue weighted by Crippen LogP contribution is 2.42. The van der Waals surface area contributed by atoms with Crippen LogP contribution in [-0.2, 0) is 6.42 Å². The van der Waals surface area contributed by atoms with Crippen LogP contribution in [0.5, 0.6) is 0 Å². The molecule has 96 valence electrons. The minimum atomic E-state index is 0.467. The lowest BCUT2D eigenvalue weighted by molar-refractivity contribution is 0.129. The molecule has 0 spiro atoms. The molecule has 1 aliphatic rings. The normalized spacial score (nSPS) is 18.4. The highest BCUT2D eigenvalue weighted by molar-refractivity contribution is 5.06. The Kier molecular flexibility index (Phi) is 3.87. The Labute approximate surface area is 105 Å². The minimum absolute atomic E-state index is 0.467. The van der Waals surface area contributed by atoms with Crippen LogP contribution in [0.2, 0.25) is 0 Å². The summed E-state index contributed by atoms with van der Waals surface area (Å²) in [7, 11) is 0. The SMILES string of the molecule is CCNCC1(Cc2ccn(C(C)C)n2)CCC1. The molecule has 1 aliphatic carbocycles. The molecule has 1 aromatic heterocycles. The molecule has 0 atom stereocenters. The number of hydrogen-bond donors (Lipinski definition) is 1. The first-order valence-corrected chi connectivity index (χ1v) is 6.90. The van der Waals surface area contributed by atoms with Crippen LogP contribution in [0.25, 0.3) is 0 Å². The third-order valence-corrected chi connectivity index (χ3v) is 3.91. The van der Waals surface area contributed by atoms with Crippen molar-refractivity contribution in [2.75, 3.05) is 13.1 Å². The van der Waals surface area contributed by atoms with E-state index in [9.17, 15) is 0 Å². The second-order valence-electron chi connectivity index (χ2n) is 5.69. The number of nitrogens with zero attached hydrogens (tertiary/aromatic N) is 2. The van der Waals surface area contributed by atoms with Crippen LogP contribution in [0.3, 0.4) is 0 Å². The predicted molar refractivity (Wildman–Crippen MR) is 71.1 cm³/mol. The Hall–Kier alpha value is -0.830. The van der Waals surface area contributed by atoms with Crippen molar-refractivity contribution < 1.29 is 0 Å². The molecule has 0 aromatic carbocycles. The first-order valence-electron chi connectivity index (χ1n) is 6.90. The average molecular weight is 235 g/mol. The molecule has 0 saturated heterocycles.